The Balaban J connectivity index is 2.30. The van der Waals surface area contributed by atoms with Crippen LogP contribution in [-0.4, -0.2) is 31.3 Å². The Kier molecular flexibility index (Phi) is 3.22. The number of hydrogen-bond donors (Lipinski definition) is 0. The highest BCUT2D eigenvalue weighted by Crippen LogP contribution is 2.19. The van der Waals surface area contributed by atoms with Gasteiger partial charge < -0.3 is 4.90 Å². The van der Waals surface area contributed by atoms with Gasteiger partial charge in [-0.1, -0.05) is 0 Å². The molecule has 0 fully saturated rings. The SMILES string of the molecule is Cc1cc(C2=NCCCC2)cnc1N(C)C. The van der Waals surface area contributed by atoms with Crippen LogP contribution >= 0.6 is 0 Å². The summed E-state index contributed by atoms with van der Waals surface area (Å²) in [4.78, 5) is 11.1. The number of aliphatic imine (C=N–C) groups is 1. The molecule has 86 valence electrons. The van der Waals surface area contributed by atoms with Crippen molar-refractivity contribution in [2.24, 2.45) is 4.99 Å². The topological polar surface area (TPSA) is 28.5 Å². The molecule has 0 aromatic carbocycles. The van der Waals surface area contributed by atoms with Crippen LogP contribution in [0, 0.1) is 6.92 Å². The fourth-order valence-corrected chi connectivity index (χ4v) is 2.13. The Labute approximate surface area is 97.2 Å². The second-order valence-corrected chi connectivity index (χ2v) is 4.54. The number of pyridine rings is 1. The fraction of sp³-hybridized carbons (Fsp3) is 0.538. The highest BCUT2D eigenvalue weighted by atomic mass is 15.1. The summed E-state index contributed by atoms with van der Waals surface area (Å²) in [6.07, 6.45) is 5.54. The zero-order chi connectivity index (χ0) is 11.5. The van der Waals surface area contributed by atoms with E-state index in [0.717, 1.165) is 18.8 Å². The second-order valence-electron chi connectivity index (χ2n) is 4.54. The molecule has 0 N–H and O–H groups in total. The van der Waals surface area contributed by atoms with Crippen molar-refractivity contribution in [2.75, 3.05) is 25.5 Å². The highest BCUT2D eigenvalue weighted by Gasteiger charge is 2.10. The Morgan fingerprint density at radius 2 is 2.06 bits per heavy atom. The molecule has 0 atom stereocenters. The van der Waals surface area contributed by atoms with Gasteiger partial charge in [-0.2, -0.15) is 0 Å². The van der Waals surface area contributed by atoms with Crippen molar-refractivity contribution in [1.82, 2.24) is 4.98 Å². The summed E-state index contributed by atoms with van der Waals surface area (Å²) in [7, 11) is 4.04. The standard InChI is InChI=1S/C13H19N3/c1-10-8-11(9-15-13(10)16(2)3)12-6-4-5-7-14-12/h8-9H,4-7H2,1-3H3. The van der Waals surface area contributed by atoms with E-state index in [-0.39, 0.29) is 0 Å². The van der Waals surface area contributed by atoms with Gasteiger partial charge in [0, 0.05) is 38.1 Å². The third-order valence-electron chi connectivity index (χ3n) is 2.93. The first kappa shape index (κ1) is 11.1. The second kappa shape index (κ2) is 4.64. The van der Waals surface area contributed by atoms with Gasteiger partial charge in [0.15, 0.2) is 0 Å². The first-order valence-electron chi connectivity index (χ1n) is 5.86. The molecule has 3 nitrogen and oxygen atoms in total. The van der Waals surface area contributed by atoms with E-state index >= 15 is 0 Å². The number of aromatic nitrogens is 1. The fourth-order valence-electron chi connectivity index (χ4n) is 2.13. The van der Waals surface area contributed by atoms with Crippen molar-refractivity contribution in [3.63, 3.8) is 0 Å². The minimum atomic E-state index is 0.976. The van der Waals surface area contributed by atoms with Crippen molar-refractivity contribution in [3.8, 4) is 0 Å². The van der Waals surface area contributed by atoms with Gasteiger partial charge in [-0.05, 0) is 37.8 Å². The maximum atomic E-state index is 4.58. The van der Waals surface area contributed by atoms with Crippen LogP contribution in [0.3, 0.4) is 0 Å². The highest BCUT2D eigenvalue weighted by molar-refractivity contribution is 6.01. The average molecular weight is 217 g/mol. The van der Waals surface area contributed by atoms with E-state index in [1.165, 1.54) is 29.7 Å². The van der Waals surface area contributed by atoms with Gasteiger partial charge in [-0.15, -0.1) is 0 Å². The number of rotatable bonds is 2. The quantitative estimate of drug-likeness (QED) is 0.761. The van der Waals surface area contributed by atoms with E-state index in [4.69, 9.17) is 0 Å². The van der Waals surface area contributed by atoms with Gasteiger partial charge in [-0.3, -0.25) is 4.99 Å². The number of anilines is 1. The Morgan fingerprint density at radius 3 is 2.62 bits per heavy atom. The van der Waals surface area contributed by atoms with Crippen LogP contribution in [0.1, 0.15) is 30.4 Å². The van der Waals surface area contributed by atoms with Gasteiger partial charge in [0.1, 0.15) is 5.82 Å². The summed E-state index contributed by atoms with van der Waals surface area (Å²) in [6, 6.07) is 2.20. The zero-order valence-electron chi connectivity index (χ0n) is 10.3. The molecule has 1 aromatic rings. The summed E-state index contributed by atoms with van der Waals surface area (Å²) in [5.74, 6) is 1.04. The molecule has 2 rings (SSSR count). The molecular formula is C13H19N3. The van der Waals surface area contributed by atoms with E-state index in [9.17, 15) is 0 Å². The van der Waals surface area contributed by atoms with Crippen molar-refractivity contribution in [1.29, 1.82) is 0 Å². The number of nitrogens with zero attached hydrogens (tertiary/aromatic N) is 3. The predicted molar refractivity (Wildman–Crippen MR) is 68.6 cm³/mol. The molecule has 0 unspecified atom stereocenters. The lowest BCUT2D eigenvalue weighted by Gasteiger charge is -2.16. The lowest BCUT2D eigenvalue weighted by molar-refractivity contribution is 0.738. The molecule has 0 bridgehead atoms. The first-order valence-corrected chi connectivity index (χ1v) is 5.86. The first-order chi connectivity index (χ1) is 7.68. The van der Waals surface area contributed by atoms with E-state index in [0.29, 0.717) is 0 Å². The summed E-state index contributed by atoms with van der Waals surface area (Å²) in [6.45, 7) is 3.08. The predicted octanol–water partition coefficient (Wildman–Crippen LogP) is 2.43. The van der Waals surface area contributed by atoms with Gasteiger partial charge >= 0.3 is 0 Å². The van der Waals surface area contributed by atoms with Crippen LogP contribution in [0.4, 0.5) is 5.82 Å². The van der Waals surface area contributed by atoms with Crippen LogP contribution in [0.15, 0.2) is 17.3 Å². The van der Waals surface area contributed by atoms with Crippen LogP contribution in [0.25, 0.3) is 0 Å². The number of hydrogen-bond acceptors (Lipinski definition) is 3. The minimum absolute atomic E-state index is 0.976. The molecule has 0 amide bonds. The minimum Gasteiger partial charge on any atom is -0.363 e. The largest absolute Gasteiger partial charge is 0.363 e. The van der Waals surface area contributed by atoms with E-state index in [1.54, 1.807) is 0 Å². The van der Waals surface area contributed by atoms with E-state index in [2.05, 4.69) is 23.0 Å². The molecule has 1 aliphatic heterocycles. The smallest absolute Gasteiger partial charge is 0.130 e. The van der Waals surface area contributed by atoms with E-state index < -0.39 is 0 Å². The molecule has 0 radical (unpaired) electrons. The number of aryl methyl sites for hydroxylation is 1. The zero-order valence-corrected chi connectivity index (χ0v) is 10.3. The maximum Gasteiger partial charge on any atom is 0.130 e. The van der Waals surface area contributed by atoms with Crippen LogP contribution in [0.5, 0.6) is 0 Å². The molecule has 0 aliphatic carbocycles. The molecule has 2 heterocycles. The monoisotopic (exact) mass is 217 g/mol. The third-order valence-corrected chi connectivity index (χ3v) is 2.93. The lowest BCUT2D eigenvalue weighted by atomic mass is 10.0. The Morgan fingerprint density at radius 1 is 1.25 bits per heavy atom. The van der Waals surface area contributed by atoms with Crippen molar-refractivity contribution in [2.45, 2.75) is 26.2 Å². The molecule has 0 saturated heterocycles. The molecule has 1 aromatic heterocycles. The van der Waals surface area contributed by atoms with Crippen molar-refractivity contribution in [3.05, 3.63) is 23.4 Å². The molecule has 3 heteroatoms. The lowest BCUT2D eigenvalue weighted by Crippen LogP contribution is -2.14. The third kappa shape index (κ3) is 2.23. The molecule has 0 saturated carbocycles. The van der Waals surface area contributed by atoms with Crippen molar-refractivity contribution >= 4 is 11.5 Å². The Bertz CT molecular complexity index is 408. The van der Waals surface area contributed by atoms with Gasteiger partial charge in [-0.25, -0.2) is 4.98 Å². The normalized spacial score (nSPS) is 15.8. The van der Waals surface area contributed by atoms with Crippen molar-refractivity contribution < 1.29 is 0 Å². The Hall–Kier alpha value is -1.38. The van der Waals surface area contributed by atoms with Crippen LogP contribution in [0.2, 0.25) is 0 Å². The average Bonchev–Trinajstić information content (AvgIpc) is 2.29. The molecule has 16 heavy (non-hydrogen) atoms. The van der Waals surface area contributed by atoms with E-state index in [1.807, 2.05) is 25.2 Å². The van der Waals surface area contributed by atoms with Gasteiger partial charge in [0.05, 0.1) is 0 Å². The van der Waals surface area contributed by atoms with Crippen LogP contribution in [-0.2, 0) is 0 Å². The molecule has 1 aliphatic rings. The summed E-state index contributed by atoms with van der Waals surface area (Å²) in [5, 5.41) is 0. The molecule has 0 spiro atoms. The molecular weight excluding hydrogens is 198 g/mol. The summed E-state index contributed by atoms with van der Waals surface area (Å²) >= 11 is 0. The summed E-state index contributed by atoms with van der Waals surface area (Å²) < 4.78 is 0. The summed E-state index contributed by atoms with van der Waals surface area (Å²) in [5.41, 5.74) is 3.64. The maximum absolute atomic E-state index is 4.58. The van der Waals surface area contributed by atoms with Crippen LogP contribution < -0.4 is 4.90 Å². The van der Waals surface area contributed by atoms with Gasteiger partial charge in [0.25, 0.3) is 0 Å². The van der Waals surface area contributed by atoms with Gasteiger partial charge in [0.2, 0.25) is 0 Å².